The third-order valence-corrected chi connectivity index (χ3v) is 1.43. The molecule has 0 radical (unpaired) electrons. The van der Waals surface area contributed by atoms with Gasteiger partial charge in [-0.25, -0.2) is 0 Å². The number of rotatable bonds is 0. The van der Waals surface area contributed by atoms with Gasteiger partial charge < -0.3 is 9.47 Å². The zero-order valence-corrected chi connectivity index (χ0v) is 6.63. The summed E-state index contributed by atoms with van der Waals surface area (Å²) in [6, 6.07) is 0. The molecule has 1 heterocycles. The fraction of sp³-hybridized carbons (Fsp3) is 0.556. The first-order valence-corrected chi connectivity index (χ1v) is 3.37. The minimum Gasteiger partial charge on any atom is -0.331 e. The van der Waals surface area contributed by atoms with E-state index < -0.39 is 18.0 Å². The van der Waals surface area contributed by atoms with Crippen LogP contribution >= 0.6 is 0 Å². The Balaban J connectivity index is 2.74. The molecule has 1 aliphatic heterocycles. The van der Waals surface area contributed by atoms with Crippen molar-refractivity contribution in [3.63, 3.8) is 0 Å². The van der Waals surface area contributed by atoms with E-state index in [-0.39, 0.29) is 0 Å². The molecule has 0 aromatic heterocycles. The first-order chi connectivity index (χ1) is 5.09. The average Bonchev–Trinajstić information content (AvgIpc) is 2.25. The zero-order valence-electron chi connectivity index (χ0n) is 6.63. The molecule has 0 N–H and O–H groups in total. The topological polar surface area (TPSA) is 18.5 Å². The van der Waals surface area contributed by atoms with E-state index in [1.165, 1.54) is 0 Å². The van der Waals surface area contributed by atoms with Crippen molar-refractivity contribution in [2.75, 3.05) is 0 Å². The lowest BCUT2D eigenvalue weighted by molar-refractivity contribution is -0.137. The molecule has 0 unspecified atom stereocenters. The number of terminal acetylenes is 2. The van der Waals surface area contributed by atoms with Crippen molar-refractivity contribution in [2.45, 2.75) is 31.8 Å². The molecule has 0 saturated carbocycles. The molecule has 1 saturated heterocycles. The van der Waals surface area contributed by atoms with Crippen LogP contribution in [0.4, 0.5) is 0 Å². The Labute approximate surface area is 66.9 Å². The largest absolute Gasteiger partial charge is 0.331 e. The predicted molar refractivity (Wildman–Crippen MR) is 41.5 cm³/mol. The Bertz CT molecular complexity index is 205. The fourth-order valence-electron chi connectivity index (χ4n) is 1.01. The smallest absolute Gasteiger partial charge is 0.166 e. The highest BCUT2D eigenvalue weighted by Gasteiger charge is 2.39. The minimum atomic E-state index is -0.645. The van der Waals surface area contributed by atoms with Crippen LogP contribution in [-0.4, -0.2) is 18.0 Å². The zero-order chi connectivity index (χ0) is 8.48. The summed E-state index contributed by atoms with van der Waals surface area (Å²) in [5.74, 6) is 4.22. The van der Waals surface area contributed by atoms with Crippen LogP contribution in [0.3, 0.4) is 0 Å². The third-order valence-electron chi connectivity index (χ3n) is 1.43. The molecule has 0 bridgehead atoms. The van der Waals surface area contributed by atoms with Crippen molar-refractivity contribution >= 4 is 0 Å². The molecule has 2 atom stereocenters. The number of hydrogen-bond acceptors (Lipinski definition) is 2. The van der Waals surface area contributed by atoms with Gasteiger partial charge in [0, 0.05) is 0 Å². The second-order valence-corrected chi connectivity index (χ2v) is 2.81. The Morgan fingerprint density at radius 2 is 1.45 bits per heavy atom. The SMILES string of the molecule is C#C[C@@H]1OC(C)(C)O[C@@H]1C#C. The van der Waals surface area contributed by atoms with Gasteiger partial charge in [0.1, 0.15) is 0 Å². The van der Waals surface area contributed by atoms with Crippen LogP contribution in [0.15, 0.2) is 0 Å². The Morgan fingerprint density at radius 1 is 1.09 bits per heavy atom. The summed E-state index contributed by atoms with van der Waals surface area (Å²) >= 11 is 0. The van der Waals surface area contributed by atoms with Gasteiger partial charge in [-0.05, 0) is 13.8 Å². The summed E-state index contributed by atoms with van der Waals surface area (Å²) in [6.45, 7) is 3.57. The standard InChI is InChI=1S/C9H10O2/c1-5-7-8(6-2)11-9(3,4)10-7/h1-2,7-8H,3-4H3/t7-,8+. The molecular formula is C9H10O2. The lowest BCUT2D eigenvalue weighted by atomic mass is 10.2. The molecule has 2 heteroatoms. The van der Waals surface area contributed by atoms with Crippen LogP contribution in [-0.2, 0) is 9.47 Å². The predicted octanol–water partition coefficient (Wildman–Crippen LogP) is 0.773. The molecule has 0 amide bonds. The van der Waals surface area contributed by atoms with Gasteiger partial charge in [0.25, 0.3) is 0 Å². The molecule has 0 spiro atoms. The first-order valence-electron chi connectivity index (χ1n) is 3.37. The quantitative estimate of drug-likeness (QED) is 0.475. The molecule has 1 aliphatic rings. The third kappa shape index (κ3) is 1.54. The van der Waals surface area contributed by atoms with Crippen molar-refractivity contribution in [3.05, 3.63) is 0 Å². The van der Waals surface area contributed by atoms with Gasteiger partial charge in [-0.2, -0.15) is 0 Å². The van der Waals surface area contributed by atoms with Gasteiger partial charge in [0.05, 0.1) is 0 Å². The van der Waals surface area contributed by atoms with E-state index in [0.717, 1.165) is 0 Å². The number of hydrogen-bond donors (Lipinski definition) is 0. The monoisotopic (exact) mass is 150 g/mol. The summed E-state index contributed by atoms with van der Waals surface area (Å²) in [5.41, 5.74) is 0. The highest BCUT2D eigenvalue weighted by Crippen LogP contribution is 2.26. The molecular weight excluding hydrogens is 140 g/mol. The van der Waals surface area contributed by atoms with E-state index in [2.05, 4.69) is 11.8 Å². The van der Waals surface area contributed by atoms with Crippen molar-refractivity contribution in [2.24, 2.45) is 0 Å². The van der Waals surface area contributed by atoms with Crippen LogP contribution in [0.5, 0.6) is 0 Å². The lowest BCUT2D eigenvalue weighted by Crippen LogP contribution is -2.20. The van der Waals surface area contributed by atoms with E-state index >= 15 is 0 Å². The maximum absolute atomic E-state index is 5.30. The van der Waals surface area contributed by atoms with Crippen molar-refractivity contribution < 1.29 is 9.47 Å². The second-order valence-electron chi connectivity index (χ2n) is 2.81. The van der Waals surface area contributed by atoms with Crippen LogP contribution in [0.25, 0.3) is 0 Å². The van der Waals surface area contributed by atoms with Gasteiger partial charge in [-0.1, -0.05) is 11.8 Å². The van der Waals surface area contributed by atoms with E-state index in [9.17, 15) is 0 Å². The Kier molecular flexibility index (Phi) is 1.91. The molecule has 11 heavy (non-hydrogen) atoms. The van der Waals surface area contributed by atoms with Crippen molar-refractivity contribution in [1.29, 1.82) is 0 Å². The van der Waals surface area contributed by atoms with E-state index in [1.807, 2.05) is 0 Å². The summed E-state index contributed by atoms with van der Waals surface area (Å²) in [6.07, 6.45) is 9.53. The lowest BCUT2D eigenvalue weighted by Gasteiger charge is -2.14. The average molecular weight is 150 g/mol. The van der Waals surface area contributed by atoms with E-state index in [4.69, 9.17) is 22.3 Å². The van der Waals surface area contributed by atoms with Crippen LogP contribution in [0.1, 0.15) is 13.8 Å². The molecule has 58 valence electrons. The summed E-state index contributed by atoms with van der Waals surface area (Å²) in [4.78, 5) is 0. The highest BCUT2D eigenvalue weighted by atomic mass is 16.7. The summed E-state index contributed by atoms with van der Waals surface area (Å²) in [5, 5.41) is 0. The summed E-state index contributed by atoms with van der Waals surface area (Å²) < 4.78 is 10.6. The van der Waals surface area contributed by atoms with Gasteiger partial charge >= 0.3 is 0 Å². The molecule has 1 rings (SSSR count). The van der Waals surface area contributed by atoms with Gasteiger partial charge in [0.15, 0.2) is 18.0 Å². The second kappa shape index (κ2) is 2.58. The van der Waals surface area contributed by atoms with Gasteiger partial charge in [0.2, 0.25) is 0 Å². The number of ether oxygens (including phenoxy) is 2. The van der Waals surface area contributed by atoms with Crippen molar-refractivity contribution in [3.8, 4) is 24.7 Å². The highest BCUT2D eigenvalue weighted by molar-refractivity contribution is 5.13. The molecule has 1 fully saturated rings. The van der Waals surface area contributed by atoms with E-state index in [0.29, 0.717) is 0 Å². The normalized spacial score (nSPS) is 34.2. The first kappa shape index (κ1) is 8.14. The van der Waals surface area contributed by atoms with Crippen LogP contribution < -0.4 is 0 Å². The Hall–Kier alpha value is -0.960. The molecule has 0 aromatic rings. The maximum Gasteiger partial charge on any atom is 0.166 e. The maximum atomic E-state index is 5.30. The van der Waals surface area contributed by atoms with Gasteiger partial charge in [-0.3, -0.25) is 0 Å². The molecule has 2 nitrogen and oxygen atoms in total. The van der Waals surface area contributed by atoms with Crippen LogP contribution in [0.2, 0.25) is 0 Å². The van der Waals surface area contributed by atoms with Crippen molar-refractivity contribution in [1.82, 2.24) is 0 Å². The summed E-state index contributed by atoms with van der Waals surface area (Å²) in [7, 11) is 0. The molecule has 0 aliphatic carbocycles. The fourth-order valence-corrected chi connectivity index (χ4v) is 1.01. The Morgan fingerprint density at radius 3 is 1.73 bits per heavy atom. The van der Waals surface area contributed by atoms with Crippen LogP contribution in [0, 0.1) is 24.7 Å². The van der Waals surface area contributed by atoms with E-state index in [1.54, 1.807) is 13.8 Å². The minimum absolute atomic E-state index is 0.407. The van der Waals surface area contributed by atoms with Gasteiger partial charge in [-0.15, -0.1) is 12.8 Å². The molecule has 0 aromatic carbocycles.